The van der Waals surface area contributed by atoms with Crippen LogP contribution in [0.4, 0.5) is 0 Å². The maximum absolute atomic E-state index is 4.60. The number of hydrogen-bond acceptors (Lipinski definition) is 3. The number of halogens is 1. The Morgan fingerprint density at radius 3 is 2.94 bits per heavy atom. The third-order valence-corrected chi connectivity index (χ3v) is 3.79. The summed E-state index contributed by atoms with van der Waals surface area (Å²) in [5.41, 5.74) is 2.13. The van der Waals surface area contributed by atoms with Crippen LogP contribution in [0, 0.1) is 6.92 Å². The number of fused-ring (bicyclic) bond motifs is 1. The molecule has 0 unspecified atom stereocenters. The number of aromatic nitrogens is 3. The van der Waals surface area contributed by atoms with Crippen LogP contribution in [0.1, 0.15) is 30.3 Å². The van der Waals surface area contributed by atoms with Gasteiger partial charge in [-0.1, -0.05) is 0 Å². The van der Waals surface area contributed by atoms with Crippen LogP contribution in [0.25, 0.3) is 5.52 Å². The molecule has 1 N–H and O–H groups in total. The highest BCUT2D eigenvalue weighted by Crippen LogP contribution is 2.26. The molecule has 0 amide bonds. The van der Waals surface area contributed by atoms with Gasteiger partial charge in [-0.3, -0.25) is 4.40 Å². The normalized spacial score (nSPS) is 17.8. The molecule has 0 aliphatic carbocycles. The highest BCUT2D eigenvalue weighted by Gasteiger charge is 2.20. The van der Waals surface area contributed by atoms with E-state index in [9.17, 15) is 0 Å². The van der Waals surface area contributed by atoms with Crippen LogP contribution in [-0.2, 0) is 0 Å². The van der Waals surface area contributed by atoms with E-state index in [4.69, 9.17) is 0 Å². The van der Waals surface area contributed by atoms with E-state index in [0.717, 1.165) is 41.7 Å². The minimum atomic E-state index is 0.562. The van der Waals surface area contributed by atoms with E-state index in [1.54, 1.807) is 0 Å². The van der Waals surface area contributed by atoms with Crippen molar-refractivity contribution in [3.05, 3.63) is 28.5 Å². The average Bonchev–Trinajstić information content (AvgIpc) is 2.74. The Morgan fingerprint density at radius 1 is 1.41 bits per heavy atom. The summed E-state index contributed by atoms with van der Waals surface area (Å²) in [4.78, 5) is 9.00. The molecule has 0 bridgehead atoms. The smallest absolute Gasteiger partial charge is 0.123 e. The summed E-state index contributed by atoms with van der Waals surface area (Å²) >= 11 is 3.45. The Hall–Kier alpha value is -0.940. The standard InChI is InChI=1S/C12H15BrN4/c1-8-10-6-15-12(9-2-4-14-5-3-9)17(10)7-11(13)16-8/h6-7,9,14H,2-5H2,1H3. The topological polar surface area (TPSA) is 42.2 Å². The molecule has 0 radical (unpaired) electrons. The SMILES string of the molecule is Cc1nc(Br)cn2c(C3CCNCC3)ncc12. The molecule has 1 fully saturated rings. The fourth-order valence-corrected chi connectivity index (χ4v) is 2.98. The summed E-state index contributed by atoms with van der Waals surface area (Å²) < 4.78 is 3.05. The summed E-state index contributed by atoms with van der Waals surface area (Å²) in [6.07, 6.45) is 6.29. The summed E-state index contributed by atoms with van der Waals surface area (Å²) in [6.45, 7) is 4.20. The van der Waals surface area contributed by atoms with E-state index in [1.165, 1.54) is 5.82 Å². The van der Waals surface area contributed by atoms with Gasteiger partial charge < -0.3 is 5.32 Å². The number of aryl methyl sites for hydroxylation is 1. The molecule has 2 aromatic rings. The number of rotatable bonds is 1. The van der Waals surface area contributed by atoms with Crippen molar-refractivity contribution < 1.29 is 0 Å². The molecule has 1 aliphatic rings. The predicted molar refractivity (Wildman–Crippen MR) is 70.3 cm³/mol. The van der Waals surface area contributed by atoms with Gasteiger partial charge in [0.05, 0.1) is 17.4 Å². The van der Waals surface area contributed by atoms with Crippen molar-refractivity contribution in [3.63, 3.8) is 0 Å². The second kappa shape index (κ2) is 4.38. The lowest BCUT2D eigenvalue weighted by Crippen LogP contribution is -2.27. The van der Waals surface area contributed by atoms with Crippen LogP contribution >= 0.6 is 15.9 Å². The second-order valence-electron chi connectivity index (χ2n) is 4.54. The van der Waals surface area contributed by atoms with Gasteiger partial charge in [-0.05, 0) is 48.8 Å². The lowest BCUT2D eigenvalue weighted by Gasteiger charge is -2.21. The van der Waals surface area contributed by atoms with Gasteiger partial charge in [0.25, 0.3) is 0 Å². The minimum absolute atomic E-state index is 0.562. The Balaban J connectivity index is 2.10. The molecule has 0 aromatic carbocycles. The molecule has 2 aromatic heterocycles. The lowest BCUT2D eigenvalue weighted by molar-refractivity contribution is 0.444. The Bertz CT molecular complexity index is 543. The first-order valence-electron chi connectivity index (χ1n) is 5.96. The molecule has 0 spiro atoms. The van der Waals surface area contributed by atoms with E-state index in [2.05, 4.69) is 35.6 Å². The summed E-state index contributed by atoms with van der Waals surface area (Å²) in [5.74, 6) is 1.74. The van der Waals surface area contributed by atoms with Crippen molar-refractivity contribution in [2.75, 3.05) is 13.1 Å². The van der Waals surface area contributed by atoms with Crippen molar-refractivity contribution in [1.82, 2.24) is 19.7 Å². The number of hydrogen-bond donors (Lipinski definition) is 1. The van der Waals surface area contributed by atoms with Crippen molar-refractivity contribution in [1.29, 1.82) is 0 Å². The highest BCUT2D eigenvalue weighted by molar-refractivity contribution is 9.10. The number of piperidine rings is 1. The minimum Gasteiger partial charge on any atom is -0.317 e. The number of nitrogens with one attached hydrogen (secondary N) is 1. The van der Waals surface area contributed by atoms with Gasteiger partial charge in [0.1, 0.15) is 10.4 Å². The van der Waals surface area contributed by atoms with Gasteiger partial charge in [0.2, 0.25) is 0 Å². The largest absolute Gasteiger partial charge is 0.317 e. The molecule has 17 heavy (non-hydrogen) atoms. The molecule has 0 atom stereocenters. The van der Waals surface area contributed by atoms with Crippen LogP contribution in [0.5, 0.6) is 0 Å². The number of imidazole rings is 1. The monoisotopic (exact) mass is 294 g/mol. The molecular weight excluding hydrogens is 280 g/mol. The van der Waals surface area contributed by atoms with Crippen LogP contribution in [-0.4, -0.2) is 27.5 Å². The molecule has 0 saturated carbocycles. The zero-order valence-electron chi connectivity index (χ0n) is 9.78. The van der Waals surface area contributed by atoms with E-state index < -0.39 is 0 Å². The van der Waals surface area contributed by atoms with Gasteiger partial charge in [-0.25, -0.2) is 9.97 Å². The second-order valence-corrected chi connectivity index (χ2v) is 5.36. The maximum atomic E-state index is 4.60. The molecule has 3 heterocycles. The van der Waals surface area contributed by atoms with Gasteiger partial charge >= 0.3 is 0 Å². The summed E-state index contributed by atoms with van der Waals surface area (Å²) in [7, 11) is 0. The van der Waals surface area contributed by atoms with Crippen LogP contribution in [0.3, 0.4) is 0 Å². The fourth-order valence-electron chi connectivity index (χ4n) is 2.51. The first-order chi connectivity index (χ1) is 8.25. The van der Waals surface area contributed by atoms with Gasteiger partial charge in [0, 0.05) is 12.1 Å². The Morgan fingerprint density at radius 2 is 2.18 bits per heavy atom. The van der Waals surface area contributed by atoms with Crippen molar-refractivity contribution in [2.45, 2.75) is 25.7 Å². The lowest BCUT2D eigenvalue weighted by atomic mass is 9.97. The van der Waals surface area contributed by atoms with E-state index >= 15 is 0 Å². The van der Waals surface area contributed by atoms with Gasteiger partial charge in [-0.15, -0.1) is 0 Å². The molecule has 1 saturated heterocycles. The number of nitrogens with zero attached hydrogens (tertiary/aromatic N) is 3. The molecular formula is C12H15BrN4. The third-order valence-electron chi connectivity index (χ3n) is 3.41. The van der Waals surface area contributed by atoms with Gasteiger partial charge in [-0.2, -0.15) is 0 Å². The average molecular weight is 295 g/mol. The molecule has 3 rings (SSSR count). The summed E-state index contributed by atoms with van der Waals surface area (Å²) in [6, 6.07) is 0. The van der Waals surface area contributed by atoms with Crippen LogP contribution < -0.4 is 5.32 Å². The van der Waals surface area contributed by atoms with Crippen LogP contribution in [0.15, 0.2) is 17.0 Å². The van der Waals surface area contributed by atoms with Gasteiger partial charge in [0.15, 0.2) is 0 Å². The zero-order valence-corrected chi connectivity index (χ0v) is 11.4. The fraction of sp³-hybridized carbons (Fsp3) is 0.500. The zero-order chi connectivity index (χ0) is 11.8. The van der Waals surface area contributed by atoms with Crippen LogP contribution in [0.2, 0.25) is 0 Å². The Labute approximate surface area is 109 Å². The quantitative estimate of drug-likeness (QED) is 0.877. The molecule has 5 heteroatoms. The van der Waals surface area contributed by atoms with E-state index in [-0.39, 0.29) is 0 Å². The molecule has 4 nitrogen and oxygen atoms in total. The Kier molecular flexibility index (Phi) is 2.88. The summed E-state index contributed by atoms with van der Waals surface area (Å²) in [5, 5.41) is 3.39. The highest BCUT2D eigenvalue weighted by atomic mass is 79.9. The predicted octanol–water partition coefficient (Wildman–Crippen LogP) is 2.27. The van der Waals surface area contributed by atoms with E-state index in [0.29, 0.717) is 5.92 Å². The van der Waals surface area contributed by atoms with Crippen molar-refractivity contribution in [3.8, 4) is 0 Å². The molecule has 1 aliphatic heterocycles. The van der Waals surface area contributed by atoms with Crippen molar-refractivity contribution in [2.24, 2.45) is 0 Å². The van der Waals surface area contributed by atoms with Crippen molar-refractivity contribution >= 4 is 21.4 Å². The maximum Gasteiger partial charge on any atom is 0.123 e. The first kappa shape index (κ1) is 11.2. The molecule has 90 valence electrons. The first-order valence-corrected chi connectivity index (χ1v) is 6.76. The van der Waals surface area contributed by atoms with E-state index in [1.807, 2.05) is 19.3 Å². The third kappa shape index (κ3) is 1.98.